The third-order valence-electron chi connectivity index (χ3n) is 2.34. The molecule has 2 aromatic rings. The van der Waals surface area contributed by atoms with Gasteiger partial charge in [-0.1, -0.05) is 34.8 Å². The van der Waals surface area contributed by atoms with Gasteiger partial charge in [0.1, 0.15) is 10.5 Å². The summed E-state index contributed by atoms with van der Waals surface area (Å²) in [6.07, 6.45) is -4.70. The summed E-state index contributed by atoms with van der Waals surface area (Å²) in [6.45, 7) is 0. The summed E-state index contributed by atoms with van der Waals surface area (Å²) < 4.78 is 52.1. The summed E-state index contributed by atoms with van der Waals surface area (Å²) in [5.74, 6) is -2.33. The molecule has 0 saturated heterocycles. The largest absolute Gasteiger partial charge is 0.449 e. The fourth-order valence-corrected chi connectivity index (χ4v) is 2.31. The monoisotopic (exact) mass is 320 g/mol. The van der Waals surface area contributed by atoms with Gasteiger partial charge in [-0.2, -0.15) is 13.2 Å². The summed E-state index contributed by atoms with van der Waals surface area (Å²) >= 11 is 16.8. The Morgan fingerprint density at radius 1 is 1.06 bits per heavy atom. The lowest BCUT2D eigenvalue weighted by molar-refractivity contribution is -0.146. The highest BCUT2D eigenvalue weighted by Crippen LogP contribution is 2.41. The van der Waals surface area contributed by atoms with Crippen molar-refractivity contribution in [2.75, 3.05) is 0 Å². The van der Waals surface area contributed by atoms with Crippen molar-refractivity contribution in [2.45, 2.75) is 6.18 Å². The van der Waals surface area contributed by atoms with E-state index >= 15 is 0 Å². The van der Waals surface area contributed by atoms with Crippen LogP contribution in [0.3, 0.4) is 0 Å². The number of hydrogen-bond acceptors (Lipinski definition) is 1. The number of halogens is 7. The van der Waals surface area contributed by atoms with Crippen LogP contribution >= 0.6 is 34.8 Å². The van der Waals surface area contributed by atoms with Gasteiger partial charge >= 0.3 is 6.18 Å². The number of fused-ring (bicyclic) bond motifs is 1. The summed E-state index contributed by atoms with van der Waals surface area (Å²) in [6, 6.07) is 0. The van der Waals surface area contributed by atoms with E-state index < -0.39 is 27.9 Å². The maximum atomic E-state index is 13.5. The van der Waals surface area contributed by atoms with Gasteiger partial charge in [-0.3, -0.25) is 0 Å². The van der Waals surface area contributed by atoms with Crippen LogP contribution in [0.5, 0.6) is 0 Å². The molecule has 0 aliphatic carbocycles. The third-order valence-corrected chi connectivity index (χ3v) is 3.51. The molecule has 2 rings (SSSR count). The number of imidazole rings is 1. The Kier molecular flexibility index (Phi) is 3.16. The minimum absolute atomic E-state index is 0.166. The molecule has 0 N–H and O–H groups in total. The number of aryl methyl sites for hydroxylation is 1. The molecule has 0 radical (unpaired) electrons. The van der Waals surface area contributed by atoms with E-state index in [0.29, 0.717) is 4.57 Å². The van der Waals surface area contributed by atoms with Crippen LogP contribution in [0.2, 0.25) is 15.1 Å². The number of hydrogen-bond donors (Lipinski definition) is 0. The maximum Gasteiger partial charge on any atom is 0.449 e. The van der Waals surface area contributed by atoms with Gasteiger partial charge in [0, 0.05) is 7.05 Å². The van der Waals surface area contributed by atoms with Crippen molar-refractivity contribution in [3.05, 3.63) is 26.7 Å². The predicted octanol–water partition coefficient (Wildman–Crippen LogP) is 4.69. The molecule has 1 aromatic heterocycles. The molecular weight excluding hydrogens is 318 g/mol. The average Bonchev–Trinajstić information content (AvgIpc) is 2.61. The van der Waals surface area contributed by atoms with E-state index in [4.69, 9.17) is 34.8 Å². The Bertz CT molecular complexity index is 648. The van der Waals surface area contributed by atoms with E-state index in [-0.39, 0.29) is 16.1 Å². The fraction of sp³-hybridized carbons (Fsp3) is 0.222. The molecule has 0 fully saturated rings. The van der Waals surface area contributed by atoms with Crippen molar-refractivity contribution in [3.63, 3.8) is 0 Å². The summed E-state index contributed by atoms with van der Waals surface area (Å²) in [7, 11) is 1.09. The molecule has 0 spiro atoms. The van der Waals surface area contributed by atoms with Crippen LogP contribution in [-0.4, -0.2) is 9.55 Å². The molecule has 98 valence electrons. The van der Waals surface area contributed by atoms with E-state index in [1.165, 1.54) is 0 Å². The second-order valence-corrected chi connectivity index (χ2v) is 4.58. The van der Waals surface area contributed by atoms with Gasteiger partial charge in [0.25, 0.3) is 0 Å². The molecule has 1 aromatic carbocycles. The molecule has 0 aliphatic rings. The quantitative estimate of drug-likeness (QED) is 0.391. The zero-order valence-electron chi connectivity index (χ0n) is 8.54. The van der Waals surface area contributed by atoms with E-state index in [1.54, 1.807) is 0 Å². The number of benzene rings is 1. The van der Waals surface area contributed by atoms with Gasteiger partial charge in [-0.15, -0.1) is 0 Å². The van der Waals surface area contributed by atoms with Crippen LogP contribution in [0.1, 0.15) is 5.82 Å². The van der Waals surface area contributed by atoms with Crippen molar-refractivity contribution in [1.82, 2.24) is 9.55 Å². The maximum absolute atomic E-state index is 13.5. The van der Waals surface area contributed by atoms with E-state index in [9.17, 15) is 17.6 Å². The zero-order valence-corrected chi connectivity index (χ0v) is 10.8. The van der Waals surface area contributed by atoms with Gasteiger partial charge < -0.3 is 4.57 Å². The predicted molar refractivity (Wildman–Crippen MR) is 60.7 cm³/mol. The molecule has 0 bridgehead atoms. The number of aromatic nitrogens is 2. The van der Waals surface area contributed by atoms with Gasteiger partial charge in [0.15, 0.2) is 5.82 Å². The summed E-state index contributed by atoms with van der Waals surface area (Å²) in [5, 5.41) is -1.49. The Morgan fingerprint density at radius 2 is 1.61 bits per heavy atom. The third kappa shape index (κ3) is 1.83. The van der Waals surface area contributed by atoms with Crippen LogP contribution in [0.25, 0.3) is 11.0 Å². The van der Waals surface area contributed by atoms with Crippen LogP contribution in [0.4, 0.5) is 17.6 Å². The van der Waals surface area contributed by atoms with Crippen LogP contribution < -0.4 is 0 Å². The lowest BCUT2D eigenvalue weighted by Gasteiger charge is -2.07. The lowest BCUT2D eigenvalue weighted by atomic mass is 10.3. The van der Waals surface area contributed by atoms with Crippen LogP contribution in [-0.2, 0) is 13.2 Å². The summed E-state index contributed by atoms with van der Waals surface area (Å²) in [4.78, 5) is 3.27. The van der Waals surface area contributed by atoms with E-state index in [0.717, 1.165) is 7.05 Å². The standard InChI is InChI=1S/C9H3Cl3F4N2/c1-18-7-3(11)2(10)5(13)4(12)6(7)17-8(18)9(14,15)16/h1H3. The molecule has 9 heteroatoms. The first-order valence-electron chi connectivity index (χ1n) is 4.41. The average molecular weight is 321 g/mol. The molecular formula is C9H3Cl3F4N2. The van der Waals surface area contributed by atoms with Crippen molar-refractivity contribution in [1.29, 1.82) is 0 Å². The van der Waals surface area contributed by atoms with Crippen LogP contribution in [0.15, 0.2) is 0 Å². The van der Waals surface area contributed by atoms with Crippen LogP contribution in [0, 0.1) is 5.82 Å². The number of alkyl halides is 3. The van der Waals surface area contributed by atoms with Crippen molar-refractivity contribution < 1.29 is 17.6 Å². The second kappa shape index (κ2) is 4.15. The highest BCUT2D eigenvalue weighted by molar-refractivity contribution is 6.47. The molecule has 2 nitrogen and oxygen atoms in total. The highest BCUT2D eigenvalue weighted by Gasteiger charge is 2.38. The first kappa shape index (κ1) is 13.7. The molecule has 0 amide bonds. The molecule has 0 saturated carbocycles. The van der Waals surface area contributed by atoms with E-state index in [2.05, 4.69) is 4.98 Å². The Hall–Kier alpha value is -0.720. The highest BCUT2D eigenvalue weighted by atomic mass is 35.5. The first-order chi connectivity index (χ1) is 8.16. The van der Waals surface area contributed by atoms with Gasteiger partial charge in [-0.25, -0.2) is 9.37 Å². The topological polar surface area (TPSA) is 17.8 Å². The van der Waals surface area contributed by atoms with Crippen molar-refractivity contribution >= 4 is 45.8 Å². The zero-order chi connectivity index (χ0) is 13.8. The van der Waals surface area contributed by atoms with Gasteiger partial charge in [0.2, 0.25) is 5.82 Å². The van der Waals surface area contributed by atoms with Crippen molar-refractivity contribution in [2.24, 2.45) is 7.05 Å². The lowest BCUT2D eigenvalue weighted by Crippen LogP contribution is -2.12. The number of rotatable bonds is 0. The molecule has 18 heavy (non-hydrogen) atoms. The minimum Gasteiger partial charge on any atom is -0.322 e. The fourth-order valence-electron chi connectivity index (χ4n) is 1.56. The smallest absolute Gasteiger partial charge is 0.322 e. The normalized spacial score (nSPS) is 12.4. The first-order valence-corrected chi connectivity index (χ1v) is 5.55. The van der Waals surface area contributed by atoms with Crippen molar-refractivity contribution in [3.8, 4) is 0 Å². The molecule has 0 unspecified atom stereocenters. The second-order valence-electron chi connectivity index (χ2n) is 3.45. The van der Waals surface area contributed by atoms with E-state index in [1.807, 2.05) is 0 Å². The molecule has 0 aliphatic heterocycles. The Labute approximate surface area is 113 Å². The molecule has 0 atom stereocenters. The van der Waals surface area contributed by atoms with Gasteiger partial charge in [-0.05, 0) is 0 Å². The van der Waals surface area contributed by atoms with Gasteiger partial charge in [0.05, 0.1) is 15.6 Å². The Morgan fingerprint density at radius 3 is 2.11 bits per heavy atom. The SMILES string of the molecule is Cn1c(C(F)(F)F)nc2c(Cl)c(F)c(Cl)c(Cl)c21. The summed E-state index contributed by atoms with van der Waals surface area (Å²) in [5.41, 5.74) is -0.543. The minimum atomic E-state index is -4.70. The molecule has 1 heterocycles. The Balaban J connectivity index is 2.98. The number of nitrogens with zero attached hydrogens (tertiary/aromatic N) is 2.